The van der Waals surface area contributed by atoms with Gasteiger partial charge in [-0.15, -0.1) is 11.3 Å². The van der Waals surface area contributed by atoms with E-state index in [1.165, 1.54) is 0 Å². The largest absolute Gasteiger partial charge is 0.449 e. The number of fused-ring (bicyclic) bond motifs is 1. The van der Waals surface area contributed by atoms with Gasteiger partial charge in [-0.1, -0.05) is 0 Å². The maximum Gasteiger partial charge on any atom is 0.214 e. The van der Waals surface area contributed by atoms with E-state index in [0.717, 1.165) is 32.6 Å². The van der Waals surface area contributed by atoms with Crippen molar-refractivity contribution in [2.45, 2.75) is 6.92 Å². The Bertz CT molecular complexity index is 601. The molecule has 5 rings (SSSR count). The Morgan fingerprint density at radius 3 is 2.77 bits per heavy atom. The minimum absolute atomic E-state index is 0.753. The summed E-state index contributed by atoms with van der Waals surface area (Å²) in [6.07, 6.45) is 0. The summed E-state index contributed by atoms with van der Waals surface area (Å²) < 4.78 is 17.0. The van der Waals surface area contributed by atoms with Crippen molar-refractivity contribution in [1.29, 1.82) is 0 Å². The van der Waals surface area contributed by atoms with Crippen molar-refractivity contribution in [2.24, 2.45) is 0 Å². The number of furan rings is 1. The maximum absolute atomic E-state index is 11.6. The predicted molar refractivity (Wildman–Crippen MR) is 51.1 cm³/mol. The van der Waals surface area contributed by atoms with Crippen LogP contribution in [-0.2, 0) is 4.57 Å². The molecule has 3 aliphatic heterocycles. The Morgan fingerprint density at radius 1 is 1.54 bits per heavy atom. The second kappa shape index (κ2) is 1.56. The molecule has 2 aromatic heterocycles. The molecule has 1 atom stereocenters. The van der Waals surface area contributed by atoms with Crippen LogP contribution in [0, 0.1) is 6.92 Å². The number of rotatable bonds is 1. The molecule has 0 aliphatic carbocycles. The summed E-state index contributed by atoms with van der Waals surface area (Å²) in [6, 6.07) is 0. The fraction of sp³-hybridized carbons (Fsp3) is 0.125. The molecule has 0 N–H and O–H groups in total. The van der Waals surface area contributed by atoms with Crippen LogP contribution in [0.2, 0.25) is 0 Å². The lowest BCUT2D eigenvalue weighted by molar-refractivity contribution is 0.590. The Kier molecular flexibility index (Phi) is 0.786. The second-order valence-electron chi connectivity index (χ2n) is 3.29. The molecule has 5 heteroatoms. The van der Waals surface area contributed by atoms with Gasteiger partial charge in [0.05, 0.1) is 15.6 Å². The van der Waals surface area contributed by atoms with Gasteiger partial charge in [0.2, 0.25) is 7.14 Å². The summed E-state index contributed by atoms with van der Waals surface area (Å²) in [5.74, 6) is 0.762. The fourth-order valence-corrected chi connectivity index (χ4v) is 4.83. The SMILES string of the molecule is Cc1nc(-c2oc3c4c2P34=O)cs1. The Hall–Kier alpha value is -0.860. The number of nitrogens with zero attached hydrogens (tertiary/aromatic N) is 1. The quantitative estimate of drug-likeness (QED) is 0.439. The first-order valence-electron chi connectivity index (χ1n) is 3.94. The lowest BCUT2D eigenvalue weighted by Crippen LogP contribution is -1.96. The van der Waals surface area contributed by atoms with E-state index >= 15 is 0 Å². The van der Waals surface area contributed by atoms with Crippen LogP contribution in [0.15, 0.2) is 9.80 Å². The molecule has 64 valence electrons. The normalized spacial score (nSPS) is 25.9. The molecule has 0 spiro atoms. The average Bonchev–Trinajstić information content (AvgIpc) is 2.67. The van der Waals surface area contributed by atoms with E-state index in [-0.39, 0.29) is 0 Å². The monoisotopic (exact) mass is 209 g/mol. The molecule has 1 unspecified atom stereocenters. The molecular formula is C8H4NO2PS. The van der Waals surface area contributed by atoms with E-state index in [9.17, 15) is 4.57 Å². The van der Waals surface area contributed by atoms with E-state index in [1.807, 2.05) is 12.3 Å². The van der Waals surface area contributed by atoms with Crippen molar-refractivity contribution >= 4 is 34.6 Å². The Balaban J connectivity index is 1.99. The average molecular weight is 209 g/mol. The number of aryl methyl sites for hydroxylation is 1. The lowest BCUT2D eigenvalue weighted by atomic mass is 10.4. The van der Waals surface area contributed by atoms with Crippen LogP contribution in [0.1, 0.15) is 5.01 Å². The molecule has 2 bridgehead atoms. The summed E-state index contributed by atoms with van der Waals surface area (Å²) in [6.45, 7) is 1.95. The third-order valence-corrected chi connectivity index (χ3v) is 5.83. The van der Waals surface area contributed by atoms with E-state index in [2.05, 4.69) is 4.98 Å². The molecule has 3 aliphatic rings. The van der Waals surface area contributed by atoms with Gasteiger partial charge in [-0.3, -0.25) is 0 Å². The van der Waals surface area contributed by atoms with E-state index in [4.69, 9.17) is 4.42 Å². The van der Waals surface area contributed by atoms with Gasteiger partial charge in [-0.05, 0) is 6.92 Å². The van der Waals surface area contributed by atoms with Gasteiger partial charge in [0.1, 0.15) is 5.69 Å². The smallest absolute Gasteiger partial charge is 0.214 e. The number of hydrogen-bond donors (Lipinski definition) is 0. The number of hydrogen-bond acceptors (Lipinski definition) is 4. The predicted octanol–water partition coefficient (Wildman–Crippen LogP) is 0.978. The van der Waals surface area contributed by atoms with Gasteiger partial charge < -0.3 is 8.98 Å². The zero-order valence-corrected chi connectivity index (χ0v) is 8.41. The summed E-state index contributed by atoms with van der Waals surface area (Å²) in [7, 11) is -2.05. The highest BCUT2D eigenvalue weighted by Gasteiger charge is 2.74. The highest BCUT2D eigenvalue weighted by Crippen LogP contribution is 2.70. The third kappa shape index (κ3) is 0.524. The fourth-order valence-electron chi connectivity index (χ4n) is 1.74. The zero-order valence-electron chi connectivity index (χ0n) is 6.70. The Labute approximate surface area is 77.8 Å². The van der Waals surface area contributed by atoms with Crippen LogP contribution in [-0.4, -0.2) is 4.98 Å². The van der Waals surface area contributed by atoms with Gasteiger partial charge in [-0.2, -0.15) is 0 Å². The minimum Gasteiger partial charge on any atom is -0.449 e. The molecule has 0 radical (unpaired) electrons. The summed E-state index contributed by atoms with van der Waals surface area (Å²) in [4.78, 5) is 4.30. The van der Waals surface area contributed by atoms with Crippen molar-refractivity contribution in [3.63, 3.8) is 0 Å². The molecule has 2 aromatic rings. The van der Waals surface area contributed by atoms with Crippen LogP contribution in [0.25, 0.3) is 11.5 Å². The molecular weight excluding hydrogens is 205 g/mol. The summed E-state index contributed by atoms with van der Waals surface area (Å²) >= 11 is 1.59. The van der Waals surface area contributed by atoms with Crippen LogP contribution in [0.3, 0.4) is 0 Å². The molecule has 13 heavy (non-hydrogen) atoms. The summed E-state index contributed by atoms with van der Waals surface area (Å²) in [5.41, 5.74) is 1.60. The van der Waals surface area contributed by atoms with Gasteiger partial charge in [0.25, 0.3) is 0 Å². The zero-order chi connectivity index (χ0) is 8.79. The highest BCUT2D eigenvalue weighted by molar-refractivity contribution is 8.06. The molecule has 0 fully saturated rings. The summed E-state index contributed by atoms with van der Waals surface area (Å²) in [5, 5.41) is 4.94. The van der Waals surface area contributed by atoms with E-state index in [0.29, 0.717) is 0 Å². The maximum atomic E-state index is 11.6. The lowest BCUT2D eigenvalue weighted by Gasteiger charge is -1.84. The first-order valence-corrected chi connectivity index (χ1v) is 6.52. The standard InChI is InChI=1S/C8H4NO2PS/c1-3-9-4(2-13-3)5-6-7-8(11-5)12(6,7)10/h2H,1H3. The van der Waals surface area contributed by atoms with Crippen LogP contribution in [0.4, 0.5) is 0 Å². The van der Waals surface area contributed by atoms with Gasteiger partial charge in [0, 0.05) is 5.38 Å². The van der Waals surface area contributed by atoms with Crippen molar-refractivity contribution in [1.82, 2.24) is 4.98 Å². The molecule has 0 saturated heterocycles. The molecule has 0 aromatic carbocycles. The van der Waals surface area contributed by atoms with Gasteiger partial charge >= 0.3 is 0 Å². The van der Waals surface area contributed by atoms with Crippen molar-refractivity contribution in [2.75, 3.05) is 0 Å². The first-order chi connectivity index (χ1) is 6.23. The minimum atomic E-state index is -2.05. The molecule has 0 saturated carbocycles. The van der Waals surface area contributed by atoms with Crippen LogP contribution in [0.5, 0.6) is 0 Å². The topological polar surface area (TPSA) is 43.1 Å². The second-order valence-corrected chi connectivity index (χ2v) is 6.88. The molecule has 3 nitrogen and oxygen atoms in total. The Morgan fingerprint density at radius 2 is 2.31 bits per heavy atom. The molecule has 5 heterocycles. The number of thiazole rings is 1. The first kappa shape index (κ1) is 6.57. The van der Waals surface area contributed by atoms with Crippen molar-refractivity contribution in [3.05, 3.63) is 10.4 Å². The van der Waals surface area contributed by atoms with E-state index in [1.54, 1.807) is 11.3 Å². The van der Waals surface area contributed by atoms with Crippen molar-refractivity contribution in [3.8, 4) is 11.5 Å². The van der Waals surface area contributed by atoms with Gasteiger partial charge in [-0.25, -0.2) is 4.98 Å². The van der Waals surface area contributed by atoms with Crippen molar-refractivity contribution < 1.29 is 8.98 Å². The van der Waals surface area contributed by atoms with Crippen LogP contribution >= 0.6 is 18.5 Å². The highest BCUT2D eigenvalue weighted by atomic mass is 32.1. The third-order valence-electron chi connectivity index (χ3n) is 2.51. The van der Waals surface area contributed by atoms with E-state index < -0.39 is 7.14 Å². The van der Waals surface area contributed by atoms with Gasteiger partial charge in [0.15, 0.2) is 11.3 Å². The molecule has 0 amide bonds. The number of aromatic nitrogens is 1. The van der Waals surface area contributed by atoms with Crippen LogP contribution < -0.4 is 16.1 Å².